The van der Waals surface area contributed by atoms with E-state index in [0.29, 0.717) is 12.8 Å². The zero-order valence-electron chi connectivity index (χ0n) is 9.26. The topological polar surface area (TPSA) is 104 Å². The summed E-state index contributed by atoms with van der Waals surface area (Å²) in [5.74, 6) is -3.22. The molecule has 1 rings (SSSR count). The molecule has 0 aliphatic heterocycles. The van der Waals surface area contributed by atoms with Crippen LogP contribution in [0, 0.1) is 5.92 Å². The van der Waals surface area contributed by atoms with Crippen LogP contribution in [0.1, 0.15) is 25.7 Å². The number of amides is 1. The first-order valence-corrected chi connectivity index (χ1v) is 5.40. The van der Waals surface area contributed by atoms with Crippen molar-refractivity contribution in [2.24, 2.45) is 5.92 Å². The molecule has 0 saturated carbocycles. The fraction of sp³-hybridized carbons (Fsp3) is 0.545. The number of carboxylic acids is 2. The Kier molecular flexibility index (Phi) is 4.68. The molecule has 1 aliphatic carbocycles. The van der Waals surface area contributed by atoms with E-state index >= 15 is 0 Å². The highest BCUT2D eigenvalue weighted by molar-refractivity contribution is 5.87. The molecule has 1 amide bonds. The summed E-state index contributed by atoms with van der Waals surface area (Å²) in [6.45, 7) is 0. The predicted octanol–water partition coefficient (Wildman–Crippen LogP) is 0.387. The number of hydrogen-bond acceptors (Lipinski definition) is 3. The summed E-state index contributed by atoms with van der Waals surface area (Å²) in [5, 5.41) is 19.6. The van der Waals surface area contributed by atoms with Crippen LogP contribution in [-0.2, 0) is 14.4 Å². The number of allylic oxidation sites excluding steroid dienone is 2. The lowest BCUT2D eigenvalue weighted by Crippen LogP contribution is -2.44. The second-order valence-corrected chi connectivity index (χ2v) is 3.98. The van der Waals surface area contributed by atoms with Gasteiger partial charge in [-0.25, -0.2) is 4.79 Å². The zero-order chi connectivity index (χ0) is 12.8. The molecule has 0 radical (unpaired) electrons. The second kappa shape index (κ2) is 6.03. The molecular weight excluding hydrogens is 226 g/mol. The minimum absolute atomic E-state index is 0.254. The van der Waals surface area contributed by atoms with E-state index in [-0.39, 0.29) is 11.8 Å². The quantitative estimate of drug-likeness (QED) is 0.604. The molecule has 0 heterocycles. The van der Waals surface area contributed by atoms with Crippen molar-refractivity contribution in [2.45, 2.75) is 31.7 Å². The number of carboxylic acid groups (broad SMARTS) is 2. The fourth-order valence-corrected chi connectivity index (χ4v) is 1.70. The van der Waals surface area contributed by atoms with E-state index in [4.69, 9.17) is 10.2 Å². The summed E-state index contributed by atoms with van der Waals surface area (Å²) < 4.78 is 0. The molecule has 0 fully saturated rings. The first-order valence-electron chi connectivity index (χ1n) is 5.40. The number of rotatable bonds is 5. The predicted molar refractivity (Wildman–Crippen MR) is 58.3 cm³/mol. The average molecular weight is 241 g/mol. The summed E-state index contributed by atoms with van der Waals surface area (Å²) in [6.07, 6.45) is 5.27. The summed E-state index contributed by atoms with van der Waals surface area (Å²) in [6, 6.07) is -1.36. The SMILES string of the molecule is O=C(O)CC(NC(=O)C1CC=CCC1)C(=O)O. The van der Waals surface area contributed by atoms with Crippen molar-refractivity contribution in [1.82, 2.24) is 5.32 Å². The second-order valence-electron chi connectivity index (χ2n) is 3.98. The Morgan fingerprint density at radius 3 is 2.47 bits per heavy atom. The van der Waals surface area contributed by atoms with Crippen LogP contribution in [0.3, 0.4) is 0 Å². The lowest BCUT2D eigenvalue weighted by Gasteiger charge is -2.20. The number of hydrogen-bond donors (Lipinski definition) is 3. The maximum absolute atomic E-state index is 11.7. The van der Waals surface area contributed by atoms with Crippen LogP contribution < -0.4 is 5.32 Å². The Bertz CT molecular complexity index is 350. The molecule has 0 aromatic heterocycles. The molecule has 0 saturated heterocycles. The van der Waals surface area contributed by atoms with Crippen LogP contribution in [-0.4, -0.2) is 34.1 Å². The lowest BCUT2D eigenvalue weighted by atomic mass is 9.93. The normalized spacial score (nSPS) is 20.6. The number of aliphatic carboxylic acids is 2. The molecule has 0 aromatic carbocycles. The Morgan fingerprint density at radius 1 is 1.29 bits per heavy atom. The molecular formula is C11H15NO5. The third-order valence-corrected chi connectivity index (χ3v) is 2.63. The van der Waals surface area contributed by atoms with Gasteiger partial charge in [0.2, 0.25) is 5.91 Å². The Morgan fingerprint density at radius 2 is 2.00 bits per heavy atom. The van der Waals surface area contributed by atoms with Gasteiger partial charge in [0.05, 0.1) is 6.42 Å². The van der Waals surface area contributed by atoms with Gasteiger partial charge < -0.3 is 15.5 Å². The third kappa shape index (κ3) is 4.26. The molecule has 0 spiro atoms. The standard InChI is InChI=1S/C11H15NO5/c13-9(14)6-8(11(16)17)12-10(15)7-4-2-1-3-5-7/h1-2,7-8H,3-6H2,(H,12,15)(H,13,14)(H,16,17). The Balaban J connectivity index is 2.54. The zero-order valence-corrected chi connectivity index (χ0v) is 9.26. The van der Waals surface area contributed by atoms with E-state index in [1.54, 1.807) is 0 Å². The first kappa shape index (κ1) is 13.2. The summed E-state index contributed by atoms with van der Waals surface area (Å²) in [5.41, 5.74) is 0. The van der Waals surface area contributed by atoms with Crippen LogP contribution in [0.4, 0.5) is 0 Å². The summed E-state index contributed by atoms with van der Waals surface area (Å²) >= 11 is 0. The van der Waals surface area contributed by atoms with Crippen molar-refractivity contribution in [3.8, 4) is 0 Å². The van der Waals surface area contributed by atoms with E-state index in [2.05, 4.69) is 5.32 Å². The number of carbonyl (C=O) groups excluding carboxylic acids is 1. The van der Waals surface area contributed by atoms with Crippen molar-refractivity contribution < 1.29 is 24.6 Å². The molecule has 3 N–H and O–H groups in total. The highest BCUT2D eigenvalue weighted by atomic mass is 16.4. The van der Waals surface area contributed by atoms with Crippen molar-refractivity contribution >= 4 is 17.8 Å². The van der Waals surface area contributed by atoms with E-state index < -0.39 is 24.4 Å². The van der Waals surface area contributed by atoms with Crippen LogP contribution in [0.15, 0.2) is 12.2 Å². The monoisotopic (exact) mass is 241 g/mol. The minimum Gasteiger partial charge on any atom is -0.481 e. The van der Waals surface area contributed by atoms with Crippen LogP contribution in [0.5, 0.6) is 0 Å². The van der Waals surface area contributed by atoms with Gasteiger partial charge in [-0.1, -0.05) is 12.2 Å². The Hall–Kier alpha value is -1.85. The Labute approximate surface area is 98.3 Å². The van der Waals surface area contributed by atoms with Gasteiger partial charge in [-0.2, -0.15) is 0 Å². The highest BCUT2D eigenvalue weighted by Crippen LogP contribution is 2.18. The number of nitrogens with one attached hydrogen (secondary N) is 1. The summed E-state index contributed by atoms with van der Waals surface area (Å²) in [4.78, 5) is 32.9. The van der Waals surface area contributed by atoms with Crippen molar-refractivity contribution in [2.75, 3.05) is 0 Å². The van der Waals surface area contributed by atoms with E-state index in [1.807, 2.05) is 12.2 Å². The molecule has 0 aromatic rings. The largest absolute Gasteiger partial charge is 0.481 e. The van der Waals surface area contributed by atoms with Gasteiger partial charge in [0.15, 0.2) is 0 Å². The van der Waals surface area contributed by atoms with E-state index in [1.165, 1.54) is 0 Å². The van der Waals surface area contributed by atoms with Gasteiger partial charge in [0.25, 0.3) is 0 Å². The van der Waals surface area contributed by atoms with Crippen LogP contribution in [0.25, 0.3) is 0 Å². The van der Waals surface area contributed by atoms with Gasteiger partial charge >= 0.3 is 11.9 Å². The molecule has 17 heavy (non-hydrogen) atoms. The molecule has 0 bridgehead atoms. The fourth-order valence-electron chi connectivity index (χ4n) is 1.70. The van der Waals surface area contributed by atoms with Crippen molar-refractivity contribution in [1.29, 1.82) is 0 Å². The maximum atomic E-state index is 11.7. The highest BCUT2D eigenvalue weighted by Gasteiger charge is 2.26. The molecule has 2 unspecified atom stereocenters. The molecule has 6 nitrogen and oxygen atoms in total. The average Bonchev–Trinajstić information content (AvgIpc) is 2.28. The molecule has 1 aliphatic rings. The summed E-state index contributed by atoms with van der Waals surface area (Å²) in [7, 11) is 0. The number of carbonyl (C=O) groups is 3. The maximum Gasteiger partial charge on any atom is 0.326 e. The van der Waals surface area contributed by atoms with Gasteiger partial charge in [-0.15, -0.1) is 0 Å². The smallest absolute Gasteiger partial charge is 0.326 e. The van der Waals surface area contributed by atoms with Gasteiger partial charge in [-0.3, -0.25) is 9.59 Å². The molecule has 2 atom stereocenters. The first-order chi connectivity index (χ1) is 8.00. The molecule has 94 valence electrons. The van der Waals surface area contributed by atoms with Gasteiger partial charge in [-0.05, 0) is 19.3 Å². The lowest BCUT2D eigenvalue weighted by molar-refractivity contribution is -0.147. The van der Waals surface area contributed by atoms with E-state index in [0.717, 1.165) is 6.42 Å². The third-order valence-electron chi connectivity index (χ3n) is 2.63. The minimum atomic E-state index is -1.36. The van der Waals surface area contributed by atoms with Crippen molar-refractivity contribution in [3.63, 3.8) is 0 Å². The van der Waals surface area contributed by atoms with Crippen molar-refractivity contribution in [3.05, 3.63) is 12.2 Å². The van der Waals surface area contributed by atoms with Crippen LogP contribution in [0.2, 0.25) is 0 Å². The van der Waals surface area contributed by atoms with E-state index in [9.17, 15) is 14.4 Å². The van der Waals surface area contributed by atoms with Gasteiger partial charge in [0, 0.05) is 5.92 Å². The van der Waals surface area contributed by atoms with Crippen LogP contribution >= 0.6 is 0 Å². The van der Waals surface area contributed by atoms with Gasteiger partial charge in [0.1, 0.15) is 6.04 Å². The molecule has 6 heteroatoms.